The van der Waals surface area contributed by atoms with E-state index in [-0.39, 0.29) is 11.4 Å². The van der Waals surface area contributed by atoms with E-state index < -0.39 is 17.8 Å². The lowest BCUT2D eigenvalue weighted by atomic mass is 10.1. The summed E-state index contributed by atoms with van der Waals surface area (Å²) in [6.45, 7) is 1.65. The van der Waals surface area contributed by atoms with Crippen LogP contribution in [0.3, 0.4) is 0 Å². The van der Waals surface area contributed by atoms with E-state index in [9.17, 15) is 18.8 Å². The number of hydrogen-bond donors (Lipinski definition) is 0. The number of imide groups is 2. The first-order valence-electron chi connectivity index (χ1n) is 7.76. The van der Waals surface area contributed by atoms with Crippen LogP contribution in [-0.4, -0.2) is 54.8 Å². The molecule has 0 saturated carbocycles. The maximum Gasteiger partial charge on any atom is 0.333 e. The Bertz CT molecular complexity index is 727. The van der Waals surface area contributed by atoms with Crippen LogP contribution in [0.15, 0.2) is 23.8 Å². The van der Waals surface area contributed by atoms with Gasteiger partial charge in [0.2, 0.25) is 0 Å². The Kier molecular flexibility index (Phi) is 4.09. The van der Waals surface area contributed by atoms with Crippen LogP contribution in [0.25, 0.3) is 6.08 Å². The molecule has 0 N–H and O–H groups in total. The number of anilines is 1. The molecule has 2 aliphatic rings. The van der Waals surface area contributed by atoms with Gasteiger partial charge in [0.1, 0.15) is 11.4 Å². The van der Waals surface area contributed by atoms with Crippen molar-refractivity contribution in [1.29, 1.82) is 0 Å². The van der Waals surface area contributed by atoms with Gasteiger partial charge in [-0.3, -0.25) is 19.4 Å². The van der Waals surface area contributed by atoms with Crippen LogP contribution in [-0.2, 0) is 9.59 Å². The third kappa shape index (κ3) is 2.66. The maximum atomic E-state index is 14.4. The first kappa shape index (κ1) is 16.2. The summed E-state index contributed by atoms with van der Waals surface area (Å²) in [6, 6.07) is 3.94. The molecular formula is C17H18FN3O3. The molecule has 0 spiro atoms. The second-order valence-electron chi connectivity index (χ2n) is 5.97. The first-order valence-corrected chi connectivity index (χ1v) is 7.76. The minimum absolute atomic E-state index is 0.159. The van der Waals surface area contributed by atoms with Crippen molar-refractivity contribution in [2.24, 2.45) is 0 Å². The Hall–Kier alpha value is -2.70. The molecule has 0 atom stereocenters. The van der Waals surface area contributed by atoms with E-state index in [1.807, 2.05) is 4.90 Å². The summed E-state index contributed by atoms with van der Waals surface area (Å²) >= 11 is 0. The Morgan fingerprint density at radius 3 is 2.12 bits per heavy atom. The van der Waals surface area contributed by atoms with Gasteiger partial charge in [0.15, 0.2) is 0 Å². The number of barbiturate groups is 1. The highest BCUT2D eigenvalue weighted by molar-refractivity contribution is 6.30. The van der Waals surface area contributed by atoms with Gasteiger partial charge < -0.3 is 4.90 Å². The summed E-state index contributed by atoms with van der Waals surface area (Å²) in [5, 5.41) is 0. The number of nitrogens with zero attached hydrogens (tertiary/aromatic N) is 3. The zero-order valence-corrected chi connectivity index (χ0v) is 13.6. The molecule has 1 aromatic rings. The number of amides is 4. The average molecular weight is 331 g/mol. The van der Waals surface area contributed by atoms with E-state index in [4.69, 9.17) is 0 Å². The third-order valence-electron chi connectivity index (χ3n) is 4.37. The topological polar surface area (TPSA) is 60.9 Å². The van der Waals surface area contributed by atoms with E-state index in [1.165, 1.54) is 26.2 Å². The van der Waals surface area contributed by atoms with Gasteiger partial charge >= 0.3 is 6.03 Å². The molecule has 0 bridgehead atoms. The number of benzene rings is 1. The highest BCUT2D eigenvalue weighted by Crippen LogP contribution is 2.26. The summed E-state index contributed by atoms with van der Waals surface area (Å²) in [4.78, 5) is 39.7. The van der Waals surface area contributed by atoms with Gasteiger partial charge in [0.25, 0.3) is 11.8 Å². The van der Waals surface area contributed by atoms with Gasteiger partial charge in [-0.15, -0.1) is 0 Å². The van der Waals surface area contributed by atoms with Crippen molar-refractivity contribution in [3.8, 4) is 0 Å². The summed E-state index contributed by atoms with van der Waals surface area (Å²) in [6.07, 6.45) is 3.41. The van der Waals surface area contributed by atoms with Gasteiger partial charge in [-0.2, -0.15) is 0 Å². The summed E-state index contributed by atoms with van der Waals surface area (Å²) < 4.78 is 14.4. The zero-order valence-electron chi connectivity index (χ0n) is 13.6. The SMILES string of the molecule is CN1C(=O)C(=Cc2ccc(N3CCCC3)c(F)c2)C(=O)N(C)C1=O. The number of urea groups is 1. The number of carbonyl (C=O) groups excluding carboxylic acids is 3. The van der Waals surface area contributed by atoms with Crippen molar-refractivity contribution in [3.05, 3.63) is 35.2 Å². The van der Waals surface area contributed by atoms with Crippen LogP contribution < -0.4 is 4.90 Å². The second kappa shape index (κ2) is 6.07. The van der Waals surface area contributed by atoms with Crippen molar-refractivity contribution in [2.45, 2.75) is 12.8 Å². The third-order valence-corrected chi connectivity index (χ3v) is 4.37. The van der Waals surface area contributed by atoms with E-state index in [0.29, 0.717) is 11.3 Å². The Morgan fingerprint density at radius 2 is 1.58 bits per heavy atom. The van der Waals surface area contributed by atoms with Crippen molar-refractivity contribution >= 4 is 29.6 Å². The Labute approximate surface area is 139 Å². The highest BCUT2D eigenvalue weighted by atomic mass is 19.1. The molecule has 1 aromatic carbocycles. The van der Waals surface area contributed by atoms with Crippen LogP contribution in [0.1, 0.15) is 18.4 Å². The molecule has 4 amide bonds. The van der Waals surface area contributed by atoms with E-state index in [1.54, 1.807) is 12.1 Å². The number of likely N-dealkylation sites (N-methyl/N-ethyl adjacent to an activating group) is 2. The van der Waals surface area contributed by atoms with Crippen molar-refractivity contribution in [3.63, 3.8) is 0 Å². The lowest BCUT2D eigenvalue weighted by molar-refractivity contribution is -0.134. The largest absolute Gasteiger partial charge is 0.369 e. The summed E-state index contributed by atoms with van der Waals surface area (Å²) in [7, 11) is 2.61. The molecular weight excluding hydrogens is 313 g/mol. The molecule has 7 heteroatoms. The number of rotatable bonds is 2. The van der Waals surface area contributed by atoms with E-state index >= 15 is 0 Å². The predicted octanol–water partition coefficient (Wildman–Crippen LogP) is 1.86. The van der Waals surface area contributed by atoms with E-state index in [0.717, 1.165) is 35.7 Å². The maximum absolute atomic E-state index is 14.4. The van der Waals surface area contributed by atoms with Gasteiger partial charge in [-0.05, 0) is 36.6 Å². The molecule has 0 aromatic heterocycles. The molecule has 126 valence electrons. The fourth-order valence-corrected chi connectivity index (χ4v) is 2.97. The first-order chi connectivity index (χ1) is 11.4. The minimum atomic E-state index is -0.688. The standard InChI is InChI=1S/C17H18FN3O3/c1-19-15(22)12(16(23)20(2)17(19)24)9-11-5-6-14(13(18)10-11)21-7-3-4-8-21/h5-6,9-10H,3-4,7-8H2,1-2H3. The lowest BCUT2D eigenvalue weighted by Gasteiger charge is -2.28. The van der Waals surface area contributed by atoms with Crippen LogP contribution in [0.4, 0.5) is 14.9 Å². The molecule has 0 aliphatic carbocycles. The van der Waals surface area contributed by atoms with Crippen LogP contribution >= 0.6 is 0 Å². The lowest BCUT2D eigenvalue weighted by Crippen LogP contribution is -2.52. The fourth-order valence-electron chi connectivity index (χ4n) is 2.97. The molecule has 6 nitrogen and oxygen atoms in total. The second-order valence-corrected chi connectivity index (χ2v) is 5.97. The monoisotopic (exact) mass is 331 g/mol. The molecule has 24 heavy (non-hydrogen) atoms. The number of halogens is 1. The zero-order chi connectivity index (χ0) is 17.4. The molecule has 0 unspecified atom stereocenters. The summed E-state index contributed by atoms with van der Waals surface area (Å²) in [5.74, 6) is -1.76. The number of hydrogen-bond acceptors (Lipinski definition) is 4. The van der Waals surface area contributed by atoms with Gasteiger partial charge in [0.05, 0.1) is 5.69 Å². The average Bonchev–Trinajstić information content (AvgIpc) is 3.09. The molecule has 3 rings (SSSR count). The predicted molar refractivity (Wildman–Crippen MR) is 86.8 cm³/mol. The van der Waals surface area contributed by atoms with Crippen LogP contribution in [0.2, 0.25) is 0 Å². The molecule has 2 fully saturated rings. The smallest absolute Gasteiger partial charge is 0.333 e. The molecule has 2 aliphatic heterocycles. The normalized spacial score (nSPS) is 18.7. The van der Waals surface area contributed by atoms with E-state index in [2.05, 4.69) is 0 Å². The molecule has 0 radical (unpaired) electrons. The minimum Gasteiger partial charge on any atom is -0.369 e. The number of carbonyl (C=O) groups is 3. The van der Waals surface area contributed by atoms with Gasteiger partial charge in [-0.25, -0.2) is 9.18 Å². The Morgan fingerprint density at radius 1 is 1.00 bits per heavy atom. The highest BCUT2D eigenvalue weighted by Gasteiger charge is 2.37. The van der Waals surface area contributed by atoms with Crippen molar-refractivity contribution < 1.29 is 18.8 Å². The van der Waals surface area contributed by atoms with Crippen molar-refractivity contribution in [2.75, 3.05) is 32.1 Å². The Balaban J connectivity index is 1.92. The van der Waals surface area contributed by atoms with Gasteiger partial charge in [-0.1, -0.05) is 6.07 Å². The quantitative estimate of drug-likeness (QED) is 0.613. The summed E-state index contributed by atoms with van der Waals surface area (Å²) in [5.41, 5.74) is 0.775. The molecule has 2 heterocycles. The van der Waals surface area contributed by atoms with Gasteiger partial charge in [0, 0.05) is 27.2 Å². The molecule has 2 saturated heterocycles. The van der Waals surface area contributed by atoms with Crippen LogP contribution in [0, 0.1) is 5.82 Å². The van der Waals surface area contributed by atoms with Crippen LogP contribution in [0.5, 0.6) is 0 Å². The fraction of sp³-hybridized carbons (Fsp3) is 0.353. The van der Waals surface area contributed by atoms with Crippen molar-refractivity contribution in [1.82, 2.24) is 9.80 Å².